The number of furan rings is 1. The number of rotatable bonds is 7. The number of allylic oxidation sites excluding steroid dienone is 1. The minimum absolute atomic E-state index is 0.386. The summed E-state index contributed by atoms with van der Waals surface area (Å²) in [6, 6.07) is 2.80. The number of aryl methyl sites for hydroxylation is 1. The van der Waals surface area contributed by atoms with E-state index >= 15 is 0 Å². The van der Waals surface area contributed by atoms with Crippen LogP contribution in [0.3, 0.4) is 0 Å². The van der Waals surface area contributed by atoms with Crippen molar-refractivity contribution in [1.29, 1.82) is 0 Å². The topological polar surface area (TPSA) is 88.8 Å². The van der Waals surface area contributed by atoms with E-state index in [-0.39, 0.29) is 0 Å². The van der Waals surface area contributed by atoms with Crippen molar-refractivity contribution < 1.29 is 23.8 Å². The van der Waals surface area contributed by atoms with Crippen molar-refractivity contribution in [3.8, 4) is 5.75 Å². The fourth-order valence-electron chi connectivity index (χ4n) is 2.69. The Balaban J connectivity index is 2.31. The molecule has 6 heteroatoms. The van der Waals surface area contributed by atoms with Crippen molar-refractivity contribution >= 4 is 28.4 Å². The van der Waals surface area contributed by atoms with Crippen molar-refractivity contribution in [2.75, 3.05) is 7.11 Å². The molecular weight excluding hydrogens is 322 g/mol. The van der Waals surface area contributed by atoms with E-state index in [4.69, 9.17) is 14.3 Å². The first-order valence-corrected chi connectivity index (χ1v) is 8.15. The molecule has 6 nitrogen and oxygen atoms in total. The molecule has 0 fully saturated rings. The molecule has 0 aliphatic carbocycles. The van der Waals surface area contributed by atoms with Gasteiger partial charge in [-0.2, -0.15) is 0 Å². The van der Waals surface area contributed by atoms with Gasteiger partial charge in [0, 0.05) is 23.1 Å². The molecular formula is C19H23NO5. The van der Waals surface area contributed by atoms with Gasteiger partial charge in [0.1, 0.15) is 17.4 Å². The largest absolute Gasteiger partial charge is 0.496 e. The van der Waals surface area contributed by atoms with Crippen LogP contribution in [0.2, 0.25) is 0 Å². The maximum Gasteiger partial charge on any atom is 0.326 e. The number of carboxylic acids is 1. The highest BCUT2D eigenvalue weighted by Crippen LogP contribution is 2.33. The first-order chi connectivity index (χ1) is 11.9. The molecule has 2 N–H and O–H groups in total. The molecule has 0 bridgehead atoms. The number of benzene rings is 1. The number of hydrogen-bond donors (Lipinski definition) is 2. The number of hydrogen-bond acceptors (Lipinski definition) is 4. The Morgan fingerprint density at radius 1 is 1.40 bits per heavy atom. The third-order valence-corrected chi connectivity index (χ3v) is 4.05. The second-order valence-corrected chi connectivity index (χ2v) is 5.98. The number of carboxylic acid groups (broad SMARTS) is 1. The number of methoxy groups -OCH3 is 1. The minimum Gasteiger partial charge on any atom is -0.496 e. The highest BCUT2D eigenvalue weighted by Gasteiger charge is 2.18. The van der Waals surface area contributed by atoms with Crippen LogP contribution in [0, 0.1) is 6.92 Å². The average molecular weight is 345 g/mol. The molecule has 2 rings (SSSR count). The van der Waals surface area contributed by atoms with Gasteiger partial charge in [-0.25, -0.2) is 4.79 Å². The summed E-state index contributed by atoms with van der Waals surface area (Å²) in [6.45, 7) is 5.60. The highest BCUT2D eigenvalue weighted by atomic mass is 16.5. The predicted octanol–water partition coefficient (Wildman–Crippen LogP) is 3.52. The summed E-state index contributed by atoms with van der Waals surface area (Å²) >= 11 is 0. The normalized spacial score (nSPS) is 12.9. The van der Waals surface area contributed by atoms with Crippen molar-refractivity contribution in [3.63, 3.8) is 0 Å². The van der Waals surface area contributed by atoms with Gasteiger partial charge < -0.3 is 19.6 Å². The standard InChI is InChI=1S/C19H23NO5/c1-5-6-15(19(22)23)20-18(21)7-11(2)13-8-14-12(3)10-25-17(14)9-16(13)24-4/h7-10,15H,5-6H2,1-4H3,(H,20,21)(H,22,23)/b11-7+. The number of carbonyl (C=O) groups excluding carboxylic acids is 1. The number of carbonyl (C=O) groups is 2. The average Bonchev–Trinajstić information content (AvgIpc) is 2.93. The zero-order chi connectivity index (χ0) is 18.6. The molecule has 1 amide bonds. The van der Waals surface area contributed by atoms with Gasteiger partial charge in [0.05, 0.1) is 13.4 Å². The molecule has 0 aliphatic heterocycles. The number of amides is 1. The van der Waals surface area contributed by atoms with Gasteiger partial charge >= 0.3 is 5.97 Å². The molecule has 1 unspecified atom stereocenters. The molecule has 25 heavy (non-hydrogen) atoms. The van der Waals surface area contributed by atoms with Gasteiger partial charge in [-0.15, -0.1) is 0 Å². The van der Waals surface area contributed by atoms with E-state index in [2.05, 4.69) is 5.32 Å². The van der Waals surface area contributed by atoms with Crippen LogP contribution in [0.15, 0.2) is 28.9 Å². The van der Waals surface area contributed by atoms with E-state index in [9.17, 15) is 9.59 Å². The lowest BCUT2D eigenvalue weighted by Gasteiger charge is -2.13. The number of nitrogens with one attached hydrogen (secondary N) is 1. The molecule has 0 spiro atoms. The maximum atomic E-state index is 12.2. The van der Waals surface area contributed by atoms with Crippen LogP contribution in [0.1, 0.15) is 37.8 Å². The second-order valence-electron chi connectivity index (χ2n) is 5.98. The van der Waals surface area contributed by atoms with Crippen LogP contribution >= 0.6 is 0 Å². The molecule has 1 aromatic carbocycles. The lowest BCUT2D eigenvalue weighted by molar-refractivity contribution is -0.141. The lowest BCUT2D eigenvalue weighted by Crippen LogP contribution is -2.39. The molecule has 1 aromatic heterocycles. The molecule has 0 radical (unpaired) electrons. The Morgan fingerprint density at radius 3 is 2.72 bits per heavy atom. The maximum absolute atomic E-state index is 12.2. The summed E-state index contributed by atoms with van der Waals surface area (Å²) in [7, 11) is 1.55. The van der Waals surface area contributed by atoms with Crippen LogP contribution in [0.5, 0.6) is 5.75 Å². The van der Waals surface area contributed by atoms with Crippen LogP contribution in [0.25, 0.3) is 16.5 Å². The molecule has 1 atom stereocenters. The van der Waals surface area contributed by atoms with E-state index in [1.54, 1.807) is 26.4 Å². The first kappa shape index (κ1) is 18.6. The molecule has 2 aromatic rings. The van der Waals surface area contributed by atoms with E-state index in [1.807, 2.05) is 19.9 Å². The summed E-state index contributed by atoms with van der Waals surface area (Å²) in [6.07, 6.45) is 4.12. The molecule has 0 saturated carbocycles. The van der Waals surface area contributed by atoms with E-state index in [0.29, 0.717) is 29.7 Å². The zero-order valence-electron chi connectivity index (χ0n) is 14.9. The zero-order valence-corrected chi connectivity index (χ0v) is 14.9. The predicted molar refractivity (Wildman–Crippen MR) is 95.6 cm³/mol. The summed E-state index contributed by atoms with van der Waals surface area (Å²) in [5, 5.41) is 12.6. The molecule has 1 heterocycles. The third kappa shape index (κ3) is 4.21. The summed E-state index contributed by atoms with van der Waals surface area (Å²) in [4.78, 5) is 23.4. The van der Waals surface area contributed by atoms with Gasteiger partial charge in [-0.05, 0) is 37.5 Å². The van der Waals surface area contributed by atoms with Gasteiger partial charge in [-0.1, -0.05) is 13.3 Å². The fraction of sp³-hybridized carbons (Fsp3) is 0.368. The minimum atomic E-state index is -1.03. The van der Waals surface area contributed by atoms with Crippen LogP contribution < -0.4 is 10.1 Å². The number of aliphatic carboxylic acids is 1. The SMILES string of the molecule is CCCC(NC(=O)/C=C(\C)c1cc2c(C)coc2cc1OC)C(=O)O. The molecule has 134 valence electrons. The Morgan fingerprint density at radius 2 is 2.12 bits per heavy atom. The Kier molecular flexibility index (Phi) is 5.85. The smallest absolute Gasteiger partial charge is 0.326 e. The van der Waals surface area contributed by atoms with Crippen LogP contribution in [-0.2, 0) is 9.59 Å². The summed E-state index contributed by atoms with van der Waals surface area (Å²) in [5.74, 6) is -0.884. The summed E-state index contributed by atoms with van der Waals surface area (Å²) < 4.78 is 10.9. The number of ether oxygens (including phenoxy) is 1. The van der Waals surface area contributed by atoms with Crippen molar-refractivity contribution in [2.24, 2.45) is 0 Å². The molecule has 0 saturated heterocycles. The van der Waals surface area contributed by atoms with E-state index in [1.165, 1.54) is 6.08 Å². The molecule has 0 aliphatic rings. The van der Waals surface area contributed by atoms with Crippen LogP contribution in [0.4, 0.5) is 0 Å². The van der Waals surface area contributed by atoms with E-state index < -0.39 is 17.9 Å². The fourth-order valence-corrected chi connectivity index (χ4v) is 2.69. The number of fused-ring (bicyclic) bond motifs is 1. The lowest BCUT2D eigenvalue weighted by atomic mass is 10.0. The van der Waals surface area contributed by atoms with Crippen molar-refractivity contribution in [1.82, 2.24) is 5.32 Å². The first-order valence-electron chi connectivity index (χ1n) is 8.15. The van der Waals surface area contributed by atoms with E-state index in [0.717, 1.165) is 16.5 Å². The van der Waals surface area contributed by atoms with Crippen LogP contribution in [-0.4, -0.2) is 30.1 Å². The Labute approximate surface area is 146 Å². The van der Waals surface area contributed by atoms with Gasteiger partial charge in [0.2, 0.25) is 5.91 Å². The Bertz CT molecular complexity index is 819. The van der Waals surface area contributed by atoms with Crippen molar-refractivity contribution in [2.45, 2.75) is 39.7 Å². The van der Waals surface area contributed by atoms with Gasteiger partial charge in [0.25, 0.3) is 0 Å². The third-order valence-electron chi connectivity index (χ3n) is 4.05. The van der Waals surface area contributed by atoms with Gasteiger partial charge in [-0.3, -0.25) is 4.79 Å². The highest BCUT2D eigenvalue weighted by molar-refractivity contribution is 5.98. The second kappa shape index (κ2) is 7.88. The quantitative estimate of drug-likeness (QED) is 0.750. The van der Waals surface area contributed by atoms with Gasteiger partial charge in [0.15, 0.2) is 0 Å². The monoisotopic (exact) mass is 345 g/mol. The Hall–Kier alpha value is -2.76. The summed E-state index contributed by atoms with van der Waals surface area (Å²) in [5.41, 5.74) is 3.14. The van der Waals surface area contributed by atoms with Crippen molar-refractivity contribution in [3.05, 3.63) is 35.6 Å².